The summed E-state index contributed by atoms with van der Waals surface area (Å²) in [6.45, 7) is -0.404. The molecule has 3 heterocycles. The molecule has 0 N–H and O–H groups in total. The Morgan fingerprint density at radius 2 is 1.61 bits per heavy atom. The monoisotopic (exact) mass is 598 g/mol. The van der Waals surface area contributed by atoms with Crippen LogP contribution in [0.2, 0.25) is 0 Å². The molecule has 0 spiro atoms. The van der Waals surface area contributed by atoms with Gasteiger partial charge in [0, 0.05) is 5.92 Å². The maximum Gasteiger partial charge on any atom is 0.264 e. The second-order valence-electron chi connectivity index (χ2n) is 11.1. The largest absolute Gasteiger partial charge is 0.271 e. The summed E-state index contributed by atoms with van der Waals surface area (Å²) in [7, 11) is 0. The maximum absolute atomic E-state index is 14.0. The lowest BCUT2D eigenvalue weighted by molar-refractivity contribution is -0.136. The van der Waals surface area contributed by atoms with Crippen LogP contribution in [0.1, 0.15) is 36.4 Å². The minimum Gasteiger partial charge on any atom is -0.271 e. The fourth-order valence-corrected chi connectivity index (χ4v) is 6.40. The molecule has 3 amide bonds. The van der Waals surface area contributed by atoms with E-state index in [4.69, 9.17) is 5.10 Å². The number of benzene rings is 3. The van der Waals surface area contributed by atoms with Crippen molar-refractivity contribution < 1.29 is 27.6 Å². The predicted molar refractivity (Wildman–Crippen MR) is 153 cm³/mol. The smallest absolute Gasteiger partial charge is 0.264 e. The summed E-state index contributed by atoms with van der Waals surface area (Å²) in [5.41, 5.74) is 3.19. The van der Waals surface area contributed by atoms with E-state index in [1.165, 1.54) is 52.5 Å². The third-order valence-electron chi connectivity index (χ3n) is 8.40. The van der Waals surface area contributed by atoms with Crippen molar-refractivity contribution in [2.24, 2.45) is 21.4 Å². The molecule has 1 saturated carbocycles. The number of hydrogen-bond acceptors (Lipinski definition) is 7. The molecular formula is C32H25F3N6O3. The van der Waals surface area contributed by atoms with Gasteiger partial charge in [-0.1, -0.05) is 35.6 Å². The van der Waals surface area contributed by atoms with Crippen LogP contribution in [0.4, 0.5) is 18.9 Å². The van der Waals surface area contributed by atoms with Crippen molar-refractivity contribution in [1.29, 1.82) is 0 Å². The van der Waals surface area contributed by atoms with Gasteiger partial charge < -0.3 is 0 Å². The molecule has 222 valence electrons. The molecule has 9 nitrogen and oxygen atoms in total. The molecule has 3 aromatic rings. The summed E-state index contributed by atoms with van der Waals surface area (Å²) in [5.74, 6) is -3.36. The molecule has 0 unspecified atom stereocenters. The van der Waals surface area contributed by atoms with E-state index in [0.29, 0.717) is 17.7 Å². The normalized spacial score (nSPS) is 25.1. The van der Waals surface area contributed by atoms with Gasteiger partial charge in [-0.25, -0.2) is 23.1 Å². The van der Waals surface area contributed by atoms with E-state index in [-0.39, 0.29) is 17.4 Å². The van der Waals surface area contributed by atoms with Gasteiger partial charge in [0.15, 0.2) is 12.1 Å². The molecule has 12 heteroatoms. The number of hydrogen-bond donors (Lipinski definition) is 0. The summed E-state index contributed by atoms with van der Waals surface area (Å²) in [5, 5.41) is 15.3. The lowest BCUT2D eigenvalue weighted by Gasteiger charge is -2.30. The molecule has 3 aromatic carbocycles. The van der Waals surface area contributed by atoms with Crippen LogP contribution < -0.4 is 4.90 Å². The molecule has 0 bridgehead atoms. The highest BCUT2D eigenvalue weighted by Crippen LogP contribution is 2.45. The molecule has 1 saturated heterocycles. The molecular weight excluding hydrogens is 573 g/mol. The number of halogens is 3. The number of allylic oxidation sites excluding steroid dienone is 1. The van der Waals surface area contributed by atoms with Crippen LogP contribution in [0, 0.1) is 23.4 Å². The van der Waals surface area contributed by atoms with E-state index in [1.54, 1.807) is 24.3 Å². The molecule has 1 aliphatic carbocycles. The first kappa shape index (κ1) is 27.7. The van der Waals surface area contributed by atoms with Gasteiger partial charge >= 0.3 is 0 Å². The molecule has 2 fully saturated rings. The van der Waals surface area contributed by atoms with Crippen LogP contribution >= 0.6 is 0 Å². The van der Waals surface area contributed by atoms with Gasteiger partial charge in [-0.05, 0) is 84.5 Å². The summed E-state index contributed by atoms with van der Waals surface area (Å²) >= 11 is 0. The van der Waals surface area contributed by atoms with Gasteiger partial charge in [0.05, 0.1) is 17.4 Å². The first-order valence-electron chi connectivity index (χ1n) is 14.2. The zero-order valence-corrected chi connectivity index (χ0v) is 23.2. The van der Waals surface area contributed by atoms with Crippen LogP contribution in [-0.2, 0) is 14.4 Å². The minimum atomic E-state index is -1.16. The lowest BCUT2D eigenvalue weighted by atomic mass is 9.77. The van der Waals surface area contributed by atoms with Crippen molar-refractivity contribution >= 4 is 35.2 Å². The van der Waals surface area contributed by atoms with Crippen molar-refractivity contribution in [2.45, 2.75) is 37.4 Å². The number of nitrogens with zero attached hydrogens (tertiary/aromatic N) is 6. The Hall–Kier alpha value is -5.13. The molecule has 7 rings (SSSR count). The number of imide groups is 1. The molecule has 4 aliphatic rings. The van der Waals surface area contributed by atoms with Crippen molar-refractivity contribution in [1.82, 2.24) is 10.0 Å². The van der Waals surface area contributed by atoms with Gasteiger partial charge in [0.2, 0.25) is 0 Å². The van der Waals surface area contributed by atoms with E-state index in [1.807, 2.05) is 6.08 Å². The van der Waals surface area contributed by atoms with Crippen molar-refractivity contribution in [3.8, 4) is 0 Å². The second-order valence-corrected chi connectivity index (χ2v) is 11.1. The zero-order valence-electron chi connectivity index (χ0n) is 23.2. The van der Waals surface area contributed by atoms with Crippen LogP contribution in [0.15, 0.2) is 93.8 Å². The molecule has 3 aliphatic heterocycles. The molecule has 4 atom stereocenters. The van der Waals surface area contributed by atoms with E-state index in [2.05, 4.69) is 10.3 Å². The Kier molecular flexibility index (Phi) is 6.83. The Balaban J connectivity index is 1.19. The van der Waals surface area contributed by atoms with Gasteiger partial charge in [0.1, 0.15) is 24.0 Å². The lowest BCUT2D eigenvalue weighted by Crippen LogP contribution is -2.45. The third kappa shape index (κ3) is 4.76. The molecule has 44 heavy (non-hydrogen) atoms. The van der Waals surface area contributed by atoms with Gasteiger partial charge in [-0.15, -0.1) is 0 Å². The summed E-state index contributed by atoms with van der Waals surface area (Å²) in [6.07, 6.45) is 4.20. The quantitative estimate of drug-likeness (QED) is 0.376. The van der Waals surface area contributed by atoms with Crippen LogP contribution in [0.25, 0.3) is 6.08 Å². The highest BCUT2D eigenvalue weighted by Gasteiger charge is 2.55. The van der Waals surface area contributed by atoms with Gasteiger partial charge in [-0.3, -0.25) is 19.4 Å². The summed E-state index contributed by atoms with van der Waals surface area (Å²) < 4.78 is 41.3. The number of fused-ring (bicyclic) bond motifs is 2. The number of hydrazone groups is 1. The first-order valence-corrected chi connectivity index (χ1v) is 14.2. The number of rotatable bonds is 5. The number of amides is 3. The maximum atomic E-state index is 14.0. The molecule has 0 radical (unpaired) electrons. The zero-order chi connectivity index (χ0) is 30.5. The fourth-order valence-electron chi connectivity index (χ4n) is 6.40. The summed E-state index contributed by atoms with van der Waals surface area (Å²) in [6, 6.07) is 14.2. The van der Waals surface area contributed by atoms with E-state index >= 15 is 0 Å². The van der Waals surface area contributed by atoms with Gasteiger partial charge in [0.25, 0.3) is 17.7 Å². The van der Waals surface area contributed by atoms with Crippen LogP contribution in [-0.4, -0.2) is 52.1 Å². The average molecular weight is 599 g/mol. The highest BCUT2D eigenvalue weighted by atomic mass is 19.1. The van der Waals surface area contributed by atoms with Crippen molar-refractivity contribution in [2.75, 3.05) is 11.4 Å². The van der Waals surface area contributed by atoms with E-state index in [0.717, 1.165) is 34.9 Å². The van der Waals surface area contributed by atoms with Crippen LogP contribution in [0.3, 0.4) is 0 Å². The fraction of sp³-hybridized carbons (Fsp3) is 0.250. The van der Waals surface area contributed by atoms with E-state index in [9.17, 15) is 27.6 Å². The third-order valence-corrected chi connectivity index (χ3v) is 8.40. The number of anilines is 1. The Bertz CT molecular complexity index is 1760. The second kappa shape index (κ2) is 10.9. The SMILES string of the molecule is O=C1[C@@H]2[C@@H](N=NN2CC(=O)N2N=C3/C(=C\c4ccc(F)cc4)CCC[C@@H]3[C@H]2c2ccc(F)cc2)C(=O)N1c1cccc(F)c1. The number of carbonyl (C=O) groups excluding carboxylic acids is 3. The standard InChI is InChI=1S/C32H25F3N6O3/c33-21-11-7-18(8-12-21)15-20-3-1-6-25-27(20)37-41(29(25)19-9-13-22(34)14-10-19)26(42)17-39-30-28(36-38-39)31(43)40(32(30)44)24-5-2-4-23(35)16-24/h2,4-5,7-16,25,28-30H,1,3,6,17H2/b20-15-/t25-,28+,29+,30-/m0/s1. The van der Waals surface area contributed by atoms with Crippen LogP contribution in [0.5, 0.6) is 0 Å². The van der Waals surface area contributed by atoms with Gasteiger partial charge in [-0.2, -0.15) is 10.2 Å². The Morgan fingerprint density at radius 1 is 0.886 bits per heavy atom. The Morgan fingerprint density at radius 3 is 2.34 bits per heavy atom. The average Bonchev–Trinajstić information content (AvgIpc) is 3.68. The first-order chi connectivity index (χ1) is 21.3. The summed E-state index contributed by atoms with van der Waals surface area (Å²) in [4.78, 5) is 41.3. The minimum absolute atomic E-state index is 0.0720. The molecule has 0 aromatic heterocycles. The highest BCUT2D eigenvalue weighted by molar-refractivity contribution is 6.25. The van der Waals surface area contributed by atoms with E-state index < -0.39 is 54.0 Å². The van der Waals surface area contributed by atoms with Crippen molar-refractivity contribution in [3.63, 3.8) is 0 Å². The Labute approximate surface area is 249 Å². The topological polar surface area (TPSA) is 98.0 Å². The predicted octanol–water partition coefficient (Wildman–Crippen LogP) is 5.22. The van der Waals surface area contributed by atoms with Crippen molar-refractivity contribution in [3.05, 3.63) is 107 Å². The number of carbonyl (C=O) groups is 3.